The first kappa shape index (κ1) is 25.5. The normalized spacial score (nSPS) is 26.1. The second-order valence-electron chi connectivity index (χ2n) is 10.0. The summed E-state index contributed by atoms with van der Waals surface area (Å²) in [7, 11) is 0. The van der Waals surface area contributed by atoms with Gasteiger partial charge in [-0.25, -0.2) is 0 Å². The Kier molecular flexibility index (Phi) is 7.37. The van der Waals surface area contributed by atoms with Gasteiger partial charge in [0.15, 0.2) is 0 Å². The van der Waals surface area contributed by atoms with Crippen molar-refractivity contribution < 1.29 is 27.5 Å². The standard InChI is InChI=1S/C27H31F3N4O3/c28-27(29,30)19-4-1-3-18(15-19)26(36)32-17-25(35)34-14-11-23-24(34)10-13-33(23)20-6-8-21(9-7-20)37-22-5-2-12-31-16-22/h1-5,12,15-16,20-21,23-24H,6-11,13-14,17H2,(H,32,36)/t20-,21-,23?,24?. The lowest BCUT2D eigenvalue weighted by atomic mass is 9.91. The molecule has 1 aromatic carbocycles. The third-order valence-corrected chi connectivity index (χ3v) is 7.84. The van der Waals surface area contributed by atoms with E-state index in [0.717, 1.165) is 63.0 Å². The second-order valence-corrected chi connectivity index (χ2v) is 10.0. The lowest BCUT2D eigenvalue weighted by Crippen LogP contribution is -2.46. The van der Waals surface area contributed by atoms with Gasteiger partial charge in [-0.1, -0.05) is 6.07 Å². The van der Waals surface area contributed by atoms with Crippen molar-refractivity contribution in [2.45, 2.75) is 68.9 Å². The van der Waals surface area contributed by atoms with Gasteiger partial charge in [0.25, 0.3) is 5.91 Å². The minimum absolute atomic E-state index is 0.113. The fourth-order valence-electron chi connectivity index (χ4n) is 6.08. The van der Waals surface area contributed by atoms with Crippen molar-refractivity contribution in [3.05, 3.63) is 59.9 Å². The molecule has 5 rings (SSSR count). The third-order valence-electron chi connectivity index (χ3n) is 7.84. The van der Waals surface area contributed by atoms with Gasteiger partial charge >= 0.3 is 6.18 Å². The van der Waals surface area contributed by atoms with Gasteiger partial charge in [-0.2, -0.15) is 13.2 Å². The van der Waals surface area contributed by atoms with Crippen molar-refractivity contribution in [1.82, 2.24) is 20.1 Å². The van der Waals surface area contributed by atoms with Gasteiger partial charge in [0.2, 0.25) is 5.91 Å². The van der Waals surface area contributed by atoms with Gasteiger partial charge < -0.3 is 15.0 Å². The molecule has 2 aromatic rings. The summed E-state index contributed by atoms with van der Waals surface area (Å²) in [5, 5.41) is 2.50. The van der Waals surface area contributed by atoms with Crippen molar-refractivity contribution in [3.8, 4) is 5.75 Å². The molecule has 3 aliphatic rings. The van der Waals surface area contributed by atoms with Gasteiger partial charge in [0, 0.05) is 43.0 Å². The van der Waals surface area contributed by atoms with E-state index < -0.39 is 17.6 Å². The average Bonchev–Trinajstić information content (AvgIpc) is 3.50. The van der Waals surface area contributed by atoms with Crippen LogP contribution in [-0.4, -0.2) is 70.5 Å². The molecule has 2 atom stereocenters. The number of pyridine rings is 1. The van der Waals surface area contributed by atoms with Crippen LogP contribution < -0.4 is 10.1 Å². The van der Waals surface area contributed by atoms with Crippen molar-refractivity contribution >= 4 is 11.8 Å². The number of amides is 2. The van der Waals surface area contributed by atoms with E-state index in [1.54, 1.807) is 12.4 Å². The Balaban J connectivity index is 1.10. The first-order chi connectivity index (χ1) is 17.8. The zero-order chi connectivity index (χ0) is 26.0. The quantitative estimate of drug-likeness (QED) is 0.631. The van der Waals surface area contributed by atoms with Crippen molar-refractivity contribution in [2.24, 2.45) is 0 Å². The molecule has 2 amide bonds. The number of ether oxygens (including phenoxy) is 1. The molecule has 2 unspecified atom stereocenters. The van der Waals surface area contributed by atoms with Gasteiger partial charge in [0.1, 0.15) is 5.75 Å². The summed E-state index contributed by atoms with van der Waals surface area (Å²) >= 11 is 0. The van der Waals surface area contributed by atoms with E-state index in [4.69, 9.17) is 4.74 Å². The van der Waals surface area contributed by atoms with Crippen LogP contribution in [-0.2, 0) is 11.0 Å². The Bertz CT molecular complexity index is 1110. The number of fused-ring (bicyclic) bond motifs is 1. The Morgan fingerprint density at radius 1 is 1.00 bits per heavy atom. The fraction of sp³-hybridized carbons (Fsp3) is 0.519. The van der Waals surface area contributed by atoms with Crippen LogP contribution >= 0.6 is 0 Å². The molecular formula is C27H31F3N4O3. The summed E-state index contributed by atoms with van der Waals surface area (Å²) < 4.78 is 44.9. The molecule has 1 aromatic heterocycles. The van der Waals surface area contributed by atoms with E-state index in [2.05, 4.69) is 15.2 Å². The van der Waals surface area contributed by atoms with Crippen LogP contribution in [0.1, 0.15) is 54.4 Å². The van der Waals surface area contributed by atoms with E-state index in [1.165, 1.54) is 12.1 Å². The molecule has 1 aliphatic carbocycles. The molecule has 1 N–H and O–H groups in total. The van der Waals surface area contributed by atoms with Gasteiger partial charge in [0.05, 0.1) is 24.4 Å². The van der Waals surface area contributed by atoms with Crippen LogP contribution in [0.15, 0.2) is 48.8 Å². The van der Waals surface area contributed by atoms with Crippen LogP contribution in [0.4, 0.5) is 13.2 Å². The minimum Gasteiger partial charge on any atom is -0.489 e. The van der Waals surface area contributed by atoms with Crippen molar-refractivity contribution in [1.29, 1.82) is 0 Å². The molecule has 2 saturated heterocycles. The maximum absolute atomic E-state index is 12.9. The number of halogens is 3. The summed E-state index contributed by atoms with van der Waals surface area (Å²) in [5.41, 5.74) is -1.00. The van der Waals surface area contributed by atoms with Crippen LogP contribution in [0.5, 0.6) is 5.75 Å². The number of benzene rings is 1. The number of carbonyl (C=O) groups is 2. The highest BCUT2D eigenvalue weighted by Gasteiger charge is 2.46. The maximum atomic E-state index is 12.9. The topological polar surface area (TPSA) is 74.8 Å². The van der Waals surface area contributed by atoms with E-state index in [0.29, 0.717) is 18.6 Å². The number of likely N-dealkylation sites (tertiary alicyclic amines) is 2. The van der Waals surface area contributed by atoms with Gasteiger partial charge in [-0.15, -0.1) is 0 Å². The summed E-state index contributed by atoms with van der Waals surface area (Å²) in [6.07, 6.45) is 4.99. The molecule has 0 radical (unpaired) electrons. The highest BCUT2D eigenvalue weighted by molar-refractivity contribution is 5.96. The number of aromatic nitrogens is 1. The Morgan fingerprint density at radius 2 is 1.78 bits per heavy atom. The Hall–Kier alpha value is -3.14. The van der Waals surface area contributed by atoms with E-state index in [-0.39, 0.29) is 30.2 Å². The predicted molar refractivity (Wildman–Crippen MR) is 130 cm³/mol. The Morgan fingerprint density at radius 3 is 2.51 bits per heavy atom. The molecule has 10 heteroatoms. The van der Waals surface area contributed by atoms with E-state index in [1.807, 2.05) is 17.0 Å². The summed E-state index contributed by atoms with van der Waals surface area (Å²) in [5.74, 6) is -0.0750. The first-order valence-electron chi connectivity index (χ1n) is 12.9. The van der Waals surface area contributed by atoms with Crippen molar-refractivity contribution in [3.63, 3.8) is 0 Å². The lowest BCUT2D eigenvalue weighted by Gasteiger charge is -2.37. The molecule has 0 bridgehead atoms. The summed E-state index contributed by atoms with van der Waals surface area (Å²) in [6, 6.07) is 8.91. The van der Waals surface area contributed by atoms with Crippen LogP contribution in [0.25, 0.3) is 0 Å². The smallest absolute Gasteiger partial charge is 0.416 e. The number of hydrogen-bond donors (Lipinski definition) is 1. The molecule has 7 nitrogen and oxygen atoms in total. The molecular weight excluding hydrogens is 485 g/mol. The molecule has 3 fully saturated rings. The van der Waals surface area contributed by atoms with E-state index >= 15 is 0 Å². The van der Waals surface area contributed by atoms with Crippen molar-refractivity contribution in [2.75, 3.05) is 19.6 Å². The molecule has 0 spiro atoms. The second kappa shape index (κ2) is 10.7. The fourth-order valence-corrected chi connectivity index (χ4v) is 6.08. The third kappa shape index (κ3) is 5.74. The van der Waals surface area contributed by atoms with Gasteiger partial charge in [-0.05, 0) is 68.9 Å². The SMILES string of the molecule is O=C(NCC(=O)N1CCC2C1CCN2[C@H]1CC[C@H](Oc2cccnc2)CC1)c1cccc(C(F)(F)F)c1. The number of nitrogens with one attached hydrogen (secondary N) is 1. The predicted octanol–water partition coefficient (Wildman–Crippen LogP) is 3.90. The summed E-state index contributed by atoms with van der Waals surface area (Å²) in [6.45, 7) is 1.34. The molecule has 2 aliphatic heterocycles. The maximum Gasteiger partial charge on any atom is 0.416 e. The van der Waals surface area contributed by atoms with Gasteiger partial charge in [-0.3, -0.25) is 19.5 Å². The highest BCUT2D eigenvalue weighted by atomic mass is 19.4. The number of rotatable bonds is 6. The lowest BCUT2D eigenvalue weighted by molar-refractivity contribution is -0.137. The number of alkyl halides is 3. The molecule has 198 valence electrons. The van der Waals surface area contributed by atoms with Crippen LogP contribution in [0.3, 0.4) is 0 Å². The number of carbonyl (C=O) groups excluding carboxylic acids is 2. The molecule has 3 heterocycles. The number of hydrogen-bond acceptors (Lipinski definition) is 5. The molecule has 37 heavy (non-hydrogen) atoms. The zero-order valence-corrected chi connectivity index (χ0v) is 20.5. The zero-order valence-electron chi connectivity index (χ0n) is 20.5. The highest BCUT2D eigenvalue weighted by Crippen LogP contribution is 2.37. The number of nitrogens with zero attached hydrogens (tertiary/aromatic N) is 3. The average molecular weight is 517 g/mol. The first-order valence-corrected chi connectivity index (χ1v) is 12.9. The van der Waals surface area contributed by atoms with Crippen LogP contribution in [0.2, 0.25) is 0 Å². The van der Waals surface area contributed by atoms with Crippen LogP contribution in [0, 0.1) is 0 Å². The van der Waals surface area contributed by atoms with E-state index in [9.17, 15) is 22.8 Å². The summed E-state index contributed by atoms with van der Waals surface area (Å²) in [4.78, 5) is 33.8. The minimum atomic E-state index is -4.53. The Labute approximate surface area is 214 Å². The molecule has 1 saturated carbocycles. The monoisotopic (exact) mass is 516 g/mol. The largest absolute Gasteiger partial charge is 0.489 e.